The second kappa shape index (κ2) is 4.28. The molecular weight excluding hydrogens is 238 g/mol. The molecule has 0 amide bonds. The monoisotopic (exact) mass is 253 g/mol. The highest BCUT2D eigenvalue weighted by molar-refractivity contribution is 5.67. The fraction of sp³-hybridized carbons (Fsp3) is 0.143. The van der Waals surface area contributed by atoms with E-state index in [1.165, 1.54) is 0 Å². The molecule has 2 heterocycles. The molecule has 3 N–H and O–H groups in total. The van der Waals surface area contributed by atoms with Crippen LogP contribution < -0.4 is 5.73 Å². The number of anilines is 1. The first-order valence-electron chi connectivity index (χ1n) is 6.09. The van der Waals surface area contributed by atoms with Gasteiger partial charge < -0.3 is 5.73 Å². The third kappa shape index (κ3) is 1.89. The highest BCUT2D eigenvalue weighted by Gasteiger charge is 2.14. The van der Waals surface area contributed by atoms with Crippen molar-refractivity contribution in [2.24, 2.45) is 0 Å². The van der Waals surface area contributed by atoms with Crippen LogP contribution in [0.5, 0.6) is 0 Å². The molecular formula is C14H15N5. The van der Waals surface area contributed by atoms with E-state index in [0.717, 1.165) is 28.3 Å². The molecule has 0 aliphatic heterocycles. The Hall–Kier alpha value is -2.56. The van der Waals surface area contributed by atoms with Gasteiger partial charge in [-0.25, -0.2) is 4.68 Å². The van der Waals surface area contributed by atoms with Gasteiger partial charge in [0.2, 0.25) is 0 Å². The zero-order chi connectivity index (χ0) is 13.4. The topological polar surface area (TPSA) is 72.5 Å². The van der Waals surface area contributed by atoms with E-state index in [4.69, 9.17) is 5.73 Å². The second-order valence-electron chi connectivity index (χ2n) is 4.51. The summed E-state index contributed by atoms with van der Waals surface area (Å²) in [5.74, 6) is 0.612. The molecule has 0 aliphatic carbocycles. The molecule has 0 radical (unpaired) electrons. The number of aromatic nitrogens is 4. The van der Waals surface area contributed by atoms with Crippen molar-refractivity contribution in [3.63, 3.8) is 0 Å². The van der Waals surface area contributed by atoms with E-state index < -0.39 is 0 Å². The van der Waals surface area contributed by atoms with E-state index in [1.54, 1.807) is 4.68 Å². The third-order valence-electron chi connectivity index (χ3n) is 3.12. The number of hydrogen-bond donors (Lipinski definition) is 2. The van der Waals surface area contributed by atoms with Crippen molar-refractivity contribution < 1.29 is 0 Å². The van der Waals surface area contributed by atoms with Gasteiger partial charge in [0.15, 0.2) is 0 Å². The Bertz CT molecular complexity index is 689. The molecule has 0 spiro atoms. The normalized spacial score (nSPS) is 10.8. The van der Waals surface area contributed by atoms with Crippen LogP contribution in [0.2, 0.25) is 0 Å². The molecule has 5 nitrogen and oxygen atoms in total. The summed E-state index contributed by atoms with van der Waals surface area (Å²) in [5.41, 5.74) is 10.8. The Morgan fingerprint density at radius 2 is 1.89 bits per heavy atom. The SMILES string of the molecule is Cc1n[nH]c(C)c1-c1cc(N)n(-c2ccccc2)n1. The van der Waals surface area contributed by atoms with Crippen LogP contribution in [0.3, 0.4) is 0 Å². The van der Waals surface area contributed by atoms with Crippen LogP contribution in [0.1, 0.15) is 11.4 Å². The number of nitrogens with zero attached hydrogens (tertiary/aromatic N) is 3. The molecule has 0 saturated heterocycles. The first kappa shape index (κ1) is 11.5. The smallest absolute Gasteiger partial charge is 0.127 e. The second-order valence-corrected chi connectivity index (χ2v) is 4.51. The largest absolute Gasteiger partial charge is 0.384 e. The zero-order valence-corrected chi connectivity index (χ0v) is 10.9. The lowest BCUT2D eigenvalue weighted by atomic mass is 10.1. The van der Waals surface area contributed by atoms with Crippen LogP contribution in [0.15, 0.2) is 36.4 Å². The van der Waals surface area contributed by atoms with Gasteiger partial charge in [-0.2, -0.15) is 10.2 Å². The lowest BCUT2D eigenvalue weighted by Gasteiger charge is -2.02. The molecule has 19 heavy (non-hydrogen) atoms. The fourth-order valence-corrected chi connectivity index (χ4v) is 2.22. The Kier molecular flexibility index (Phi) is 2.59. The number of rotatable bonds is 2. The quantitative estimate of drug-likeness (QED) is 0.736. The van der Waals surface area contributed by atoms with Gasteiger partial charge in [-0.3, -0.25) is 5.10 Å². The van der Waals surface area contributed by atoms with E-state index in [9.17, 15) is 0 Å². The lowest BCUT2D eigenvalue weighted by molar-refractivity contribution is 0.894. The summed E-state index contributed by atoms with van der Waals surface area (Å²) in [5, 5.41) is 11.7. The lowest BCUT2D eigenvalue weighted by Crippen LogP contribution is -2.01. The van der Waals surface area contributed by atoms with Crippen LogP contribution in [-0.2, 0) is 0 Å². The highest BCUT2D eigenvalue weighted by atomic mass is 15.3. The molecule has 0 bridgehead atoms. The summed E-state index contributed by atoms with van der Waals surface area (Å²) in [7, 11) is 0. The molecule has 0 fully saturated rings. The van der Waals surface area contributed by atoms with Crippen molar-refractivity contribution in [1.82, 2.24) is 20.0 Å². The van der Waals surface area contributed by atoms with E-state index in [0.29, 0.717) is 5.82 Å². The van der Waals surface area contributed by atoms with Gasteiger partial charge in [0, 0.05) is 17.3 Å². The van der Waals surface area contributed by atoms with Crippen LogP contribution >= 0.6 is 0 Å². The molecule has 5 heteroatoms. The van der Waals surface area contributed by atoms with Crippen LogP contribution in [0, 0.1) is 13.8 Å². The van der Waals surface area contributed by atoms with Crippen LogP contribution in [0.4, 0.5) is 5.82 Å². The predicted octanol–water partition coefficient (Wildman–Crippen LogP) is 2.46. The Morgan fingerprint density at radius 1 is 1.16 bits per heavy atom. The number of nitrogen functional groups attached to an aromatic ring is 1. The minimum Gasteiger partial charge on any atom is -0.384 e. The average Bonchev–Trinajstić information content (AvgIpc) is 2.94. The minimum atomic E-state index is 0.612. The first-order chi connectivity index (χ1) is 9.16. The summed E-state index contributed by atoms with van der Waals surface area (Å²) in [6, 6.07) is 11.7. The summed E-state index contributed by atoms with van der Waals surface area (Å²) in [6.45, 7) is 3.93. The van der Waals surface area contributed by atoms with Gasteiger partial charge in [-0.05, 0) is 26.0 Å². The van der Waals surface area contributed by atoms with Gasteiger partial charge in [0.05, 0.1) is 17.1 Å². The number of hydrogen-bond acceptors (Lipinski definition) is 3. The molecule has 2 aromatic heterocycles. The van der Waals surface area contributed by atoms with Crippen LogP contribution in [-0.4, -0.2) is 20.0 Å². The molecule has 0 unspecified atom stereocenters. The molecule has 3 rings (SSSR count). The van der Waals surface area contributed by atoms with Crippen LogP contribution in [0.25, 0.3) is 16.9 Å². The standard InChI is InChI=1S/C14H15N5/c1-9-14(10(2)17-16-9)12-8-13(15)19(18-12)11-6-4-3-5-7-11/h3-8H,15H2,1-2H3,(H,16,17). The van der Waals surface area contributed by atoms with Gasteiger partial charge in [-0.15, -0.1) is 0 Å². The Morgan fingerprint density at radius 3 is 2.53 bits per heavy atom. The Balaban J connectivity index is 2.13. The zero-order valence-electron chi connectivity index (χ0n) is 10.9. The maximum Gasteiger partial charge on any atom is 0.127 e. The molecule has 1 aromatic carbocycles. The van der Waals surface area contributed by atoms with Crippen molar-refractivity contribution in [3.8, 4) is 16.9 Å². The molecule has 0 saturated carbocycles. The summed E-state index contributed by atoms with van der Waals surface area (Å²) in [4.78, 5) is 0. The molecule has 0 aliphatic rings. The van der Waals surface area contributed by atoms with E-state index in [2.05, 4.69) is 15.3 Å². The number of aryl methyl sites for hydroxylation is 2. The van der Waals surface area contributed by atoms with Crippen molar-refractivity contribution in [1.29, 1.82) is 0 Å². The minimum absolute atomic E-state index is 0.612. The maximum atomic E-state index is 6.05. The average molecular weight is 253 g/mol. The van der Waals surface area contributed by atoms with E-state index in [1.807, 2.05) is 50.2 Å². The Labute approximate surface area is 111 Å². The van der Waals surface area contributed by atoms with Gasteiger partial charge in [0.25, 0.3) is 0 Å². The van der Waals surface area contributed by atoms with E-state index in [-0.39, 0.29) is 0 Å². The van der Waals surface area contributed by atoms with Crippen molar-refractivity contribution in [2.45, 2.75) is 13.8 Å². The molecule has 3 aromatic rings. The third-order valence-corrected chi connectivity index (χ3v) is 3.12. The predicted molar refractivity (Wildman–Crippen MR) is 75.0 cm³/mol. The number of nitrogens with one attached hydrogen (secondary N) is 1. The summed E-state index contributed by atoms with van der Waals surface area (Å²) < 4.78 is 1.74. The number of nitrogens with two attached hydrogens (primary N) is 1. The maximum absolute atomic E-state index is 6.05. The fourth-order valence-electron chi connectivity index (χ4n) is 2.22. The number of aromatic amines is 1. The molecule has 96 valence electrons. The van der Waals surface area contributed by atoms with E-state index >= 15 is 0 Å². The van der Waals surface area contributed by atoms with Gasteiger partial charge >= 0.3 is 0 Å². The number of para-hydroxylation sites is 1. The summed E-state index contributed by atoms with van der Waals surface area (Å²) >= 11 is 0. The summed E-state index contributed by atoms with van der Waals surface area (Å²) in [6.07, 6.45) is 0. The molecule has 0 atom stereocenters. The van der Waals surface area contributed by atoms with Crippen molar-refractivity contribution >= 4 is 5.82 Å². The van der Waals surface area contributed by atoms with Crippen molar-refractivity contribution in [2.75, 3.05) is 5.73 Å². The number of H-pyrrole nitrogens is 1. The van der Waals surface area contributed by atoms with Gasteiger partial charge in [0.1, 0.15) is 5.82 Å². The van der Waals surface area contributed by atoms with Gasteiger partial charge in [-0.1, -0.05) is 18.2 Å². The highest BCUT2D eigenvalue weighted by Crippen LogP contribution is 2.27. The first-order valence-corrected chi connectivity index (χ1v) is 6.09. The number of benzene rings is 1. The van der Waals surface area contributed by atoms with Crippen molar-refractivity contribution in [3.05, 3.63) is 47.8 Å².